The zero-order chi connectivity index (χ0) is 19.2. The van der Waals surface area contributed by atoms with Gasteiger partial charge in [-0.2, -0.15) is 0 Å². The van der Waals surface area contributed by atoms with Crippen LogP contribution in [-0.2, 0) is 4.79 Å². The molecule has 2 N–H and O–H groups in total. The first-order valence-corrected chi connectivity index (χ1v) is 12.4. The molecule has 7 heteroatoms. The lowest BCUT2D eigenvalue weighted by atomic mass is 10.1. The number of nitrogens with one attached hydrogen (secondary N) is 2. The lowest BCUT2D eigenvalue weighted by Gasteiger charge is -2.08. The van der Waals surface area contributed by atoms with E-state index in [0.29, 0.717) is 18.5 Å². The molecule has 0 aromatic carbocycles. The van der Waals surface area contributed by atoms with Crippen LogP contribution in [-0.4, -0.2) is 40.9 Å². The number of unbranched alkanes of at least 4 members (excludes halogenated alkanes) is 4. The highest BCUT2D eigenvalue weighted by atomic mass is 33.1. The minimum Gasteiger partial charge on any atom is -0.356 e. The van der Waals surface area contributed by atoms with Crippen LogP contribution in [0.4, 0.5) is 0 Å². The number of rotatable bonds is 13. The Hall–Kier alpha value is -1.21. The van der Waals surface area contributed by atoms with Crippen molar-refractivity contribution in [3.8, 4) is 0 Å². The second-order valence-corrected chi connectivity index (χ2v) is 9.62. The predicted molar refractivity (Wildman–Crippen MR) is 115 cm³/mol. The summed E-state index contributed by atoms with van der Waals surface area (Å²) in [7, 11) is 4.00. The summed E-state index contributed by atoms with van der Waals surface area (Å²) in [4.78, 5) is 27.6. The second kappa shape index (κ2) is 13.9. The van der Waals surface area contributed by atoms with Crippen molar-refractivity contribution in [2.45, 2.75) is 63.0 Å². The highest BCUT2D eigenvalue weighted by molar-refractivity contribution is 8.77. The highest BCUT2D eigenvalue weighted by Crippen LogP contribution is 2.39. The first-order valence-electron chi connectivity index (χ1n) is 9.99. The first kappa shape index (κ1) is 22.1. The molecule has 1 fully saturated rings. The van der Waals surface area contributed by atoms with E-state index in [4.69, 9.17) is 0 Å². The molecule has 0 saturated carbocycles. The largest absolute Gasteiger partial charge is 0.356 e. The van der Waals surface area contributed by atoms with Crippen molar-refractivity contribution in [3.63, 3.8) is 0 Å². The summed E-state index contributed by atoms with van der Waals surface area (Å²) in [5.41, 5.74) is 0.598. The molecule has 0 radical (unpaired) electrons. The average Bonchev–Trinajstić information content (AvgIpc) is 3.21. The van der Waals surface area contributed by atoms with E-state index in [0.717, 1.165) is 50.3 Å². The molecule has 1 aliphatic rings. The smallest absolute Gasteiger partial charge is 0.252 e. The number of hydrogen-bond acceptors (Lipinski definition) is 5. The third-order valence-corrected chi connectivity index (χ3v) is 7.55. The summed E-state index contributed by atoms with van der Waals surface area (Å²) in [5, 5.41) is 6.73. The Labute approximate surface area is 170 Å². The second-order valence-electron chi connectivity index (χ2n) is 6.84. The maximum absolute atomic E-state index is 11.8. The van der Waals surface area contributed by atoms with Crippen LogP contribution in [0.15, 0.2) is 24.5 Å². The van der Waals surface area contributed by atoms with Gasteiger partial charge in [0.15, 0.2) is 0 Å². The van der Waals surface area contributed by atoms with Crippen molar-refractivity contribution < 1.29 is 9.59 Å². The number of carbonyl (C=O) groups is 2. The molecule has 0 aliphatic carbocycles. The molecule has 27 heavy (non-hydrogen) atoms. The summed E-state index contributed by atoms with van der Waals surface area (Å²) < 4.78 is 0. The topological polar surface area (TPSA) is 71.1 Å². The van der Waals surface area contributed by atoms with Gasteiger partial charge in [-0.05, 0) is 44.2 Å². The molecule has 0 spiro atoms. The minimum atomic E-state index is -0.0688. The van der Waals surface area contributed by atoms with Gasteiger partial charge >= 0.3 is 0 Å². The molecule has 2 heterocycles. The van der Waals surface area contributed by atoms with E-state index in [1.807, 2.05) is 21.6 Å². The molecule has 2 rings (SSSR count). The molecule has 1 aromatic heterocycles. The van der Waals surface area contributed by atoms with Crippen LogP contribution in [0.3, 0.4) is 0 Å². The van der Waals surface area contributed by atoms with Gasteiger partial charge in [0.25, 0.3) is 5.91 Å². The summed E-state index contributed by atoms with van der Waals surface area (Å²) in [6.07, 6.45) is 12.7. The van der Waals surface area contributed by atoms with E-state index in [1.54, 1.807) is 24.5 Å². The van der Waals surface area contributed by atoms with E-state index in [2.05, 4.69) is 15.6 Å². The van der Waals surface area contributed by atoms with E-state index in [9.17, 15) is 9.59 Å². The summed E-state index contributed by atoms with van der Waals surface area (Å²) >= 11 is 0. The van der Waals surface area contributed by atoms with E-state index < -0.39 is 0 Å². The summed E-state index contributed by atoms with van der Waals surface area (Å²) in [5.74, 6) is 1.40. The Balaban J connectivity index is 1.35. The van der Waals surface area contributed by atoms with Gasteiger partial charge in [0.2, 0.25) is 5.91 Å². The van der Waals surface area contributed by atoms with E-state index >= 15 is 0 Å². The molecule has 1 saturated heterocycles. The maximum atomic E-state index is 11.8. The quantitative estimate of drug-likeness (QED) is 0.377. The highest BCUT2D eigenvalue weighted by Gasteiger charge is 2.15. The van der Waals surface area contributed by atoms with Crippen LogP contribution < -0.4 is 10.6 Å². The lowest BCUT2D eigenvalue weighted by molar-refractivity contribution is -0.121. The van der Waals surface area contributed by atoms with Crippen molar-refractivity contribution in [1.29, 1.82) is 0 Å². The van der Waals surface area contributed by atoms with Gasteiger partial charge < -0.3 is 10.6 Å². The number of aromatic nitrogens is 1. The average molecular weight is 410 g/mol. The van der Waals surface area contributed by atoms with Crippen LogP contribution in [0.5, 0.6) is 0 Å². The SMILES string of the molecule is O=C(CCCCC1CCSS1)NCCCCCCNC(=O)c1cccnc1. The zero-order valence-electron chi connectivity index (χ0n) is 16.0. The van der Waals surface area contributed by atoms with Crippen LogP contribution in [0.25, 0.3) is 0 Å². The maximum Gasteiger partial charge on any atom is 0.252 e. The number of carbonyl (C=O) groups excluding carboxylic acids is 2. The summed E-state index contributed by atoms with van der Waals surface area (Å²) in [6, 6.07) is 3.52. The predicted octanol–water partition coefficient (Wildman–Crippen LogP) is 4.20. The zero-order valence-corrected chi connectivity index (χ0v) is 17.6. The Bertz CT molecular complexity index is 551. The van der Waals surface area contributed by atoms with Crippen molar-refractivity contribution in [3.05, 3.63) is 30.1 Å². The lowest BCUT2D eigenvalue weighted by Crippen LogP contribution is -2.25. The first-order chi connectivity index (χ1) is 13.3. The van der Waals surface area contributed by atoms with Gasteiger partial charge in [0.05, 0.1) is 5.56 Å². The molecule has 150 valence electrons. The van der Waals surface area contributed by atoms with Crippen molar-refractivity contribution in [2.24, 2.45) is 0 Å². The van der Waals surface area contributed by atoms with Crippen molar-refractivity contribution >= 4 is 33.4 Å². The van der Waals surface area contributed by atoms with Gasteiger partial charge in [-0.3, -0.25) is 14.6 Å². The van der Waals surface area contributed by atoms with Crippen molar-refractivity contribution in [2.75, 3.05) is 18.8 Å². The van der Waals surface area contributed by atoms with Gasteiger partial charge in [-0.25, -0.2) is 0 Å². The van der Waals surface area contributed by atoms with E-state index in [-0.39, 0.29) is 11.8 Å². The standard InChI is InChI=1S/C20H31N3O2S2/c24-19(10-4-3-9-18-11-15-26-27-18)22-13-5-1-2-6-14-23-20(25)17-8-7-12-21-16-17/h7-8,12,16,18H,1-6,9-11,13-15H2,(H,22,24)(H,23,25). The Morgan fingerprint density at radius 3 is 2.59 bits per heavy atom. The normalized spacial score (nSPS) is 16.2. The molecule has 1 atom stereocenters. The fourth-order valence-electron chi connectivity index (χ4n) is 2.94. The number of nitrogens with zero attached hydrogens (tertiary/aromatic N) is 1. The molecular weight excluding hydrogens is 378 g/mol. The fraction of sp³-hybridized carbons (Fsp3) is 0.650. The Morgan fingerprint density at radius 1 is 1.07 bits per heavy atom. The van der Waals surface area contributed by atoms with Crippen LogP contribution in [0.2, 0.25) is 0 Å². The molecular formula is C20H31N3O2S2. The molecule has 0 bridgehead atoms. The number of hydrogen-bond donors (Lipinski definition) is 2. The third-order valence-electron chi connectivity index (χ3n) is 4.54. The van der Waals surface area contributed by atoms with Crippen LogP contribution >= 0.6 is 21.6 Å². The Morgan fingerprint density at radius 2 is 1.89 bits per heavy atom. The van der Waals surface area contributed by atoms with Crippen LogP contribution in [0.1, 0.15) is 68.1 Å². The van der Waals surface area contributed by atoms with Gasteiger partial charge in [-0.15, -0.1) is 0 Å². The van der Waals surface area contributed by atoms with Gasteiger partial charge in [0.1, 0.15) is 0 Å². The van der Waals surface area contributed by atoms with Crippen molar-refractivity contribution in [1.82, 2.24) is 15.6 Å². The minimum absolute atomic E-state index is 0.0688. The Kier molecular flexibility index (Phi) is 11.4. The third kappa shape index (κ3) is 10.1. The monoisotopic (exact) mass is 409 g/mol. The number of pyridine rings is 1. The molecule has 2 amide bonds. The molecule has 5 nitrogen and oxygen atoms in total. The summed E-state index contributed by atoms with van der Waals surface area (Å²) in [6.45, 7) is 1.44. The van der Waals surface area contributed by atoms with Gasteiger partial charge in [0, 0.05) is 42.9 Å². The van der Waals surface area contributed by atoms with E-state index in [1.165, 1.54) is 18.6 Å². The van der Waals surface area contributed by atoms with Gasteiger partial charge in [-0.1, -0.05) is 40.9 Å². The fourth-order valence-corrected chi connectivity index (χ4v) is 5.97. The number of amides is 2. The molecule has 1 aliphatic heterocycles. The van der Waals surface area contributed by atoms with Crippen LogP contribution in [0, 0.1) is 0 Å². The molecule has 1 aromatic rings. The molecule has 1 unspecified atom stereocenters.